The molecule has 0 aliphatic carbocycles. The Kier molecular flexibility index (Phi) is 5.53. The monoisotopic (exact) mass is 572 g/mol. The van der Waals surface area contributed by atoms with Crippen molar-refractivity contribution in [2.24, 2.45) is 0 Å². The van der Waals surface area contributed by atoms with Crippen LogP contribution >= 0.6 is 0 Å². The summed E-state index contributed by atoms with van der Waals surface area (Å²) in [5, 5.41) is 14.2. The molecule has 0 saturated carbocycles. The topological polar surface area (TPSA) is 54.5 Å². The van der Waals surface area contributed by atoms with E-state index in [0.29, 0.717) is 5.56 Å². The first-order valence-electron chi connectivity index (χ1n) is 15.0. The lowest BCUT2D eigenvalue weighted by Gasteiger charge is -2.12. The average molecular weight is 573 g/mol. The lowest BCUT2D eigenvalue weighted by Crippen LogP contribution is -1.93. The van der Waals surface area contributed by atoms with E-state index < -0.39 is 0 Å². The van der Waals surface area contributed by atoms with Crippen molar-refractivity contribution in [3.63, 3.8) is 0 Å². The normalized spacial score (nSPS) is 11.5. The third-order valence-corrected chi connectivity index (χ3v) is 8.77. The lowest BCUT2D eigenvalue weighted by atomic mass is 9.94. The number of fused-ring (bicyclic) bond motifs is 7. The van der Waals surface area contributed by atoms with Gasteiger partial charge >= 0.3 is 0 Å². The van der Waals surface area contributed by atoms with Crippen LogP contribution in [0, 0.1) is 11.3 Å². The molecular weight excluding hydrogens is 548 g/mol. The minimum absolute atomic E-state index is 0.649. The van der Waals surface area contributed by atoms with E-state index in [9.17, 15) is 5.26 Å². The van der Waals surface area contributed by atoms with E-state index in [2.05, 4.69) is 102 Å². The van der Waals surface area contributed by atoms with E-state index in [1.54, 1.807) is 0 Å². The van der Waals surface area contributed by atoms with Crippen LogP contribution in [0.3, 0.4) is 0 Å². The van der Waals surface area contributed by atoms with Gasteiger partial charge in [-0.2, -0.15) is 5.26 Å². The molecule has 2 heterocycles. The van der Waals surface area contributed by atoms with Gasteiger partial charge in [0.25, 0.3) is 0 Å². The maximum atomic E-state index is 9.65. The summed E-state index contributed by atoms with van der Waals surface area (Å²) >= 11 is 0. The van der Waals surface area contributed by atoms with Gasteiger partial charge in [-0.3, -0.25) is 0 Å². The summed E-state index contributed by atoms with van der Waals surface area (Å²) in [7, 11) is 0. The van der Waals surface area contributed by atoms with E-state index in [4.69, 9.17) is 9.97 Å². The van der Waals surface area contributed by atoms with Gasteiger partial charge < -0.3 is 4.57 Å². The van der Waals surface area contributed by atoms with Crippen LogP contribution in [0.1, 0.15) is 5.56 Å². The molecule has 0 aliphatic heterocycles. The highest BCUT2D eigenvalue weighted by Gasteiger charge is 2.16. The molecule has 0 spiro atoms. The fourth-order valence-electron chi connectivity index (χ4n) is 6.68. The maximum Gasteiger partial charge on any atom is 0.0992 e. The SMILES string of the molecule is N#Cc1ccc2c3cc(-c4cccc(-c5cc6nc7ccccc7nc6c6ccccc56)c4)ccc3n(-c3ccccc3)c2c1. The Morgan fingerprint density at radius 1 is 0.467 bits per heavy atom. The van der Waals surface area contributed by atoms with Crippen molar-refractivity contribution in [3.05, 3.63) is 151 Å². The third kappa shape index (κ3) is 3.99. The van der Waals surface area contributed by atoms with Crippen LogP contribution in [0.5, 0.6) is 0 Å². The van der Waals surface area contributed by atoms with Crippen molar-refractivity contribution in [1.82, 2.24) is 14.5 Å². The minimum Gasteiger partial charge on any atom is -0.309 e. The highest BCUT2D eigenvalue weighted by atomic mass is 15.0. The summed E-state index contributed by atoms with van der Waals surface area (Å²) in [6, 6.07) is 52.7. The Hall–Kier alpha value is -6.31. The van der Waals surface area contributed by atoms with Gasteiger partial charge in [-0.1, -0.05) is 84.9 Å². The number of rotatable bonds is 3. The minimum atomic E-state index is 0.649. The van der Waals surface area contributed by atoms with Gasteiger partial charge in [-0.15, -0.1) is 0 Å². The van der Waals surface area contributed by atoms with Gasteiger partial charge in [0.1, 0.15) is 0 Å². The summed E-state index contributed by atoms with van der Waals surface area (Å²) < 4.78 is 2.25. The van der Waals surface area contributed by atoms with E-state index in [-0.39, 0.29) is 0 Å². The second-order valence-corrected chi connectivity index (χ2v) is 11.4. The van der Waals surface area contributed by atoms with Gasteiger partial charge in [0, 0.05) is 21.8 Å². The van der Waals surface area contributed by atoms with E-state index in [1.165, 1.54) is 0 Å². The molecule has 0 aliphatic rings. The molecule has 2 aromatic heterocycles. The number of benzene rings is 7. The van der Waals surface area contributed by atoms with E-state index in [0.717, 1.165) is 82.6 Å². The second-order valence-electron chi connectivity index (χ2n) is 11.4. The Labute approximate surface area is 259 Å². The third-order valence-electron chi connectivity index (χ3n) is 8.77. The fourth-order valence-corrected chi connectivity index (χ4v) is 6.68. The Bertz CT molecular complexity index is 2660. The Morgan fingerprint density at radius 3 is 2.04 bits per heavy atom. The highest BCUT2D eigenvalue weighted by molar-refractivity contribution is 6.13. The number of para-hydroxylation sites is 3. The number of nitrogens with zero attached hydrogens (tertiary/aromatic N) is 4. The molecule has 45 heavy (non-hydrogen) atoms. The molecule has 0 fully saturated rings. The summed E-state index contributed by atoms with van der Waals surface area (Å²) in [4.78, 5) is 10.0. The molecular formula is C41H24N4. The molecule has 0 atom stereocenters. The molecule has 0 radical (unpaired) electrons. The zero-order valence-corrected chi connectivity index (χ0v) is 24.1. The van der Waals surface area contributed by atoms with Gasteiger partial charge in [-0.05, 0) is 88.3 Å². The number of hydrogen-bond acceptors (Lipinski definition) is 3. The van der Waals surface area contributed by atoms with Crippen LogP contribution in [-0.4, -0.2) is 14.5 Å². The molecule has 0 bridgehead atoms. The number of nitriles is 1. The predicted octanol–water partition coefficient (Wildman–Crippen LogP) is 10.2. The van der Waals surface area contributed by atoms with Crippen LogP contribution in [-0.2, 0) is 0 Å². The van der Waals surface area contributed by atoms with Crippen LogP contribution in [0.4, 0.5) is 0 Å². The van der Waals surface area contributed by atoms with Crippen LogP contribution in [0.2, 0.25) is 0 Å². The van der Waals surface area contributed by atoms with Crippen LogP contribution in [0.15, 0.2) is 146 Å². The zero-order chi connectivity index (χ0) is 29.9. The Balaban J connectivity index is 1.24. The highest BCUT2D eigenvalue weighted by Crippen LogP contribution is 2.38. The van der Waals surface area contributed by atoms with E-state index >= 15 is 0 Å². The molecule has 4 heteroatoms. The van der Waals surface area contributed by atoms with Crippen LogP contribution in [0.25, 0.3) is 82.6 Å². The van der Waals surface area contributed by atoms with Gasteiger partial charge in [0.05, 0.1) is 44.7 Å². The average Bonchev–Trinajstić information content (AvgIpc) is 3.43. The first kappa shape index (κ1) is 25.2. The first-order chi connectivity index (χ1) is 22.2. The summed E-state index contributed by atoms with van der Waals surface area (Å²) in [6.45, 7) is 0. The van der Waals surface area contributed by atoms with Crippen molar-refractivity contribution < 1.29 is 0 Å². The first-order valence-corrected chi connectivity index (χ1v) is 15.0. The van der Waals surface area contributed by atoms with E-state index in [1.807, 2.05) is 54.6 Å². The number of aromatic nitrogens is 3. The summed E-state index contributed by atoms with van der Waals surface area (Å²) in [6.07, 6.45) is 0. The van der Waals surface area contributed by atoms with Crippen molar-refractivity contribution in [2.45, 2.75) is 0 Å². The molecule has 0 N–H and O–H groups in total. The van der Waals surface area contributed by atoms with Crippen molar-refractivity contribution in [2.75, 3.05) is 0 Å². The molecule has 0 saturated heterocycles. The van der Waals surface area contributed by atoms with Gasteiger partial charge in [-0.25, -0.2) is 9.97 Å². The quantitative estimate of drug-likeness (QED) is 0.156. The molecule has 9 aromatic rings. The van der Waals surface area contributed by atoms with Crippen molar-refractivity contribution >= 4 is 54.6 Å². The molecule has 7 aromatic carbocycles. The molecule has 4 nitrogen and oxygen atoms in total. The molecule has 9 rings (SSSR count). The summed E-state index contributed by atoms with van der Waals surface area (Å²) in [5.74, 6) is 0. The lowest BCUT2D eigenvalue weighted by molar-refractivity contribution is 1.18. The van der Waals surface area contributed by atoms with Gasteiger partial charge in [0.15, 0.2) is 0 Å². The molecule has 0 unspecified atom stereocenters. The second kappa shape index (κ2) is 9.87. The molecule has 0 amide bonds. The summed E-state index contributed by atoms with van der Waals surface area (Å²) in [5.41, 5.74) is 12.0. The standard InChI is InChI=1S/C41H24N4/c42-25-26-17-19-32-35-23-28(18-20-39(35)45(40(32)21-26)30-11-2-1-3-12-30)27-9-8-10-29(22-27)34-24-38-41(33-14-5-4-13-31(33)34)44-37-16-7-6-15-36(37)43-38/h1-24H. The smallest absolute Gasteiger partial charge is 0.0992 e. The fraction of sp³-hybridized carbons (Fsp3) is 0. The van der Waals surface area contributed by atoms with Crippen molar-refractivity contribution in [1.29, 1.82) is 5.26 Å². The van der Waals surface area contributed by atoms with Gasteiger partial charge in [0.2, 0.25) is 0 Å². The maximum absolute atomic E-state index is 9.65. The zero-order valence-electron chi connectivity index (χ0n) is 24.1. The molecule has 208 valence electrons. The van der Waals surface area contributed by atoms with Crippen LogP contribution < -0.4 is 0 Å². The number of hydrogen-bond donors (Lipinski definition) is 0. The van der Waals surface area contributed by atoms with Crippen molar-refractivity contribution in [3.8, 4) is 34.0 Å². The largest absolute Gasteiger partial charge is 0.309 e. The predicted molar refractivity (Wildman–Crippen MR) is 184 cm³/mol. The Morgan fingerprint density at radius 2 is 1.20 bits per heavy atom.